The Morgan fingerprint density at radius 3 is 2.71 bits per heavy atom. The Labute approximate surface area is 124 Å². The van der Waals surface area contributed by atoms with E-state index >= 15 is 0 Å². The average Bonchev–Trinajstić information content (AvgIpc) is 2.49. The quantitative estimate of drug-likeness (QED) is 0.758. The summed E-state index contributed by atoms with van der Waals surface area (Å²) in [6, 6.07) is 14.2. The largest absolute Gasteiger partial charge is 0.493 e. The first-order valence-corrected chi connectivity index (χ1v) is 7.18. The number of ether oxygens (including phenoxy) is 1. The van der Waals surface area contributed by atoms with Gasteiger partial charge < -0.3 is 14.7 Å². The highest BCUT2D eigenvalue weighted by molar-refractivity contribution is 5.88. The maximum absolute atomic E-state index is 10.5. The van der Waals surface area contributed by atoms with Crippen molar-refractivity contribution >= 4 is 16.7 Å². The molecule has 0 amide bonds. The van der Waals surface area contributed by atoms with E-state index in [4.69, 9.17) is 9.84 Å². The highest BCUT2D eigenvalue weighted by Crippen LogP contribution is 2.25. The number of aliphatic carboxylic acids is 1. The molecule has 0 bridgehead atoms. The van der Waals surface area contributed by atoms with Gasteiger partial charge in [-0.2, -0.15) is 0 Å². The summed E-state index contributed by atoms with van der Waals surface area (Å²) in [5, 5.41) is 10.9. The van der Waals surface area contributed by atoms with Crippen LogP contribution in [0.3, 0.4) is 0 Å². The summed E-state index contributed by atoms with van der Waals surface area (Å²) in [4.78, 5) is 12.5. The molecule has 2 rings (SSSR count). The molecule has 0 unspecified atom stereocenters. The van der Waals surface area contributed by atoms with Gasteiger partial charge in [-0.25, -0.2) is 0 Å². The van der Waals surface area contributed by atoms with E-state index in [9.17, 15) is 4.79 Å². The first-order valence-electron chi connectivity index (χ1n) is 7.18. The number of carboxylic acid groups (broad SMARTS) is 1. The summed E-state index contributed by atoms with van der Waals surface area (Å²) in [6.45, 7) is 2.03. The third kappa shape index (κ3) is 4.76. The standard InChI is InChI=1S/C17H21NO3/c1-18(12-10-17(19)20)11-5-13-21-16-9-4-7-14-6-2-3-8-15(14)16/h2-4,6-9H,5,10-13H2,1H3,(H,19,20). The summed E-state index contributed by atoms with van der Waals surface area (Å²) in [5.41, 5.74) is 0. The number of carboxylic acids is 1. The van der Waals surface area contributed by atoms with Gasteiger partial charge in [0.2, 0.25) is 0 Å². The second kappa shape index (κ2) is 7.64. The number of benzene rings is 2. The van der Waals surface area contributed by atoms with Crippen molar-refractivity contribution in [3.05, 3.63) is 42.5 Å². The molecule has 2 aromatic carbocycles. The van der Waals surface area contributed by atoms with Crippen LogP contribution in [0.25, 0.3) is 10.8 Å². The lowest BCUT2D eigenvalue weighted by Gasteiger charge is -2.15. The summed E-state index contributed by atoms with van der Waals surface area (Å²) < 4.78 is 5.85. The van der Waals surface area contributed by atoms with Crippen LogP contribution in [0.2, 0.25) is 0 Å². The van der Waals surface area contributed by atoms with Gasteiger partial charge in [0.1, 0.15) is 5.75 Å². The molecule has 0 heterocycles. The van der Waals surface area contributed by atoms with Crippen LogP contribution >= 0.6 is 0 Å². The van der Waals surface area contributed by atoms with E-state index in [1.165, 1.54) is 5.39 Å². The first kappa shape index (κ1) is 15.3. The van der Waals surface area contributed by atoms with Crippen molar-refractivity contribution in [2.24, 2.45) is 0 Å². The maximum atomic E-state index is 10.5. The molecule has 0 spiro atoms. The topological polar surface area (TPSA) is 49.8 Å². The fourth-order valence-electron chi connectivity index (χ4n) is 2.24. The number of hydrogen-bond acceptors (Lipinski definition) is 3. The molecule has 21 heavy (non-hydrogen) atoms. The Hall–Kier alpha value is -2.07. The van der Waals surface area contributed by atoms with E-state index in [2.05, 4.69) is 18.2 Å². The van der Waals surface area contributed by atoms with Gasteiger partial charge in [0.05, 0.1) is 13.0 Å². The number of fused-ring (bicyclic) bond motifs is 1. The fourth-order valence-corrected chi connectivity index (χ4v) is 2.24. The fraction of sp³-hybridized carbons (Fsp3) is 0.353. The van der Waals surface area contributed by atoms with Crippen molar-refractivity contribution in [1.82, 2.24) is 4.90 Å². The number of rotatable bonds is 8. The second-order valence-electron chi connectivity index (χ2n) is 5.13. The van der Waals surface area contributed by atoms with Crippen molar-refractivity contribution in [2.45, 2.75) is 12.8 Å². The molecule has 0 saturated carbocycles. The van der Waals surface area contributed by atoms with Crippen LogP contribution in [-0.4, -0.2) is 42.7 Å². The Morgan fingerprint density at radius 2 is 1.90 bits per heavy atom. The molecular formula is C17H21NO3. The zero-order valence-corrected chi connectivity index (χ0v) is 12.3. The zero-order valence-electron chi connectivity index (χ0n) is 12.3. The van der Waals surface area contributed by atoms with E-state index < -0.39 is 5.97 Å². The second-order valence-corrected chi connectivity index (χ2v) is 5.13. The molecule has 1 N–H and O–H groups in total. The lowest BCUT2D eigenvalue weighted by Crippen LogP contribution is -2.24. The number of hydrogen-bond donors (Lipinski definition) is 1. The Balaban J connectivity index is 1.79. The normalized spacial score (nSPS) is 11.0. The molecule has 0 aromatic heterocycles. The van der Waals surface area contributed by atoms with E-state index in [1.807, 2.05) is 36.2 Å². The van der Waals surface area contributed by atoms with E-state index in [-0.39, 0.29) is 6.42 Å². The summed E-state index contributed by atoms with van der Waals surface area (Å²) in [6.07, 6.45) is 1.06. The number of carbonyl (C=O) groups is 1. The minimum atomic E-state index is -0.756. The van der Waals surface area contributed by atoms with Crippen LogP contribution in [-0.2, 0) is 4.79 Å². The van der Waals surface area contributed by atoms with Crippen molar-refractivity contribution in [3.63, 3.8) is 0 Å². The average molecular weight is 287 g/mol. The Bertz CT molecular complexity index is 592. The highest BCUT2D eigenvalue weighted by Gasteiger charge is 2.04. The lowest BCUT2D eigenvalue weighted by molar-refractivity contribution is -0.137. The molecule has 0 aliphatic carbocycles. The minimum Gasteiger partial charge on any atom is -0.493 e. The van der Waals surface area contributed by atoms with Crippen LogP contribution in [0.5, 0.6) is 5.75 Å². The molecular weight excluding hydrogens is 266 g/mol. The van der Waals surface area contributed by atoms with Crippen molar-refractivity contribution < 1.29 is 14.6 Å². The summed E-state index contributed by atoms with van der Waals surface area (Å²) >= 11 is 0. The van der Waals surface area contributed by atoms with Crippen LogP contribution < -0.4 is 4.74 Å². The minimum absolute atomic E-state index is 0.181. The molecule has 0 radical (unpaired) electrons. The third-order valence-electron chi connectivity index (χ3n) is 3.40. The Morgan fingerprint density at radius 1 is 1.14 bits per heavy atom. The van der Waals surface area contributed by atoms with Gasteiger partial charge in [0.15, 0.2) is 0 Å². The van der Waals surface area contributed by atoms with Crippen molar-refractivity contribution in [2.75, 3.05) is 26.7 Å². The predicted octanol–water partition coefficient (Wildman–Crippen LogP) is 3.02. The van der Waals surface area contributed by atoms with Gasteiger partial charge in [0.25, 0.3) is 0 Å². The van der Waals surface area contributed by atoms with Crippen LogP contribution in [0.4, 0.5) is 0 Å². The van der Waals surface area contributed by atoms with Gasteiger partial charge >= 0.3 is 5.97 Å². The zero-order chi connectivity index (χ0) is 15.1. The molecule has 0 aliphatic rings. The van der Waals surface area contributed by atoms with E-state index in [0.717, 1.165) is 24.1 Å². The molecule has 0 atom stereocenters. The predicted molar refractivity (Wildman–Crippen MR) is 83.8 cm³/mol. The number of nitrogens with zero attached hydrogens (tertiary/aromatic N) is 1. The molecule has 0 saturated heterocycles. The van der Waals surface area contributed by atoms with Gasteiger partial charge in [-0.3, -0.25) is 4.79 Å². The van der Waals surface area contributed by atoms with Gasteiger partial charge in [-0.15, -0.1) is 0 Å². The molecule has 0 aliphatic heterocycles. The molecule has 4 nitrogen and oxygen atoms in total. The first-order chi connectivity index (χ1) is 10.2. The maximum Gasteiger partial charge on any atom is 0.304 e. The van der Waals surface area contributed by atoms with Crippen LogP contribution in [0.1, 0.15) is 12.8 Å². The molecule has 112 valence electrons. The van der Waals surface area contributed by atoms with Gasteiger partial charge in [0, 0.05) is 18.5 Å². The van der Waals surface area contributed by atoms with Crippen molar-refractivity contribution in [3.8, 4) is 5.75 Å². The van der Waals surface area contributed by atoms with E-state index in [0.29, 0.717) is 13.2 Å². The third-order valence-corrected chi connectivity index (χ3v) is 3.40. The molecule has 4 heteroatoms. The van der Waals surface area contributed by atoms with Crippen LogP contribution in [0, 0.1) is 0 Å². The van der Waals surface area contributed by atoms with Gasteiger partial charge in [-0.05, 0) is 24.9 Å². The SMILES string of the molecule is CN(CCCOc1cccc2ccccc12)CCC(=O)O. The summed E-state index contributed by atoms with van der Waals surface area (Å²) in [5.74, 6) is 0.148. The Kier molecular flexibility index (Phi) is 5.58. The van der Waals surface area contributed by atoms with Crippen molar-refractivity contribution in [1.29, 1.82) is 0 Å². The van der Waals surface area contributed by atoms with E-state index in [1.54, 1.807) is 0 Å². The monoisotopic (exact) mass is 287 g/mol. The molecule has 2 aromatic rings. The highest BCUT2D eigenvalue weighted by atomic mass is 16.5. The smallest absolute Gasteiger partial charge is 0.304 e. The van der Waals surface area contributed by atoms with Gasteiger partial charge in [-0.1, -0.05) is 36.4 Å². The van der Waals surface area contributed by atoms with Crippen LogP contribution in [0.15, 0.2) is 42.5 Å². The lowest BCUT2D eigenvalue weighted by atomic mass is 10.1. The molecule has 0 fully saturated rings. The summed E-state index contributed by atoms with van der Waals surface area (Å²) in [7, 11) is 1.93.